The smallest absolute Gasteiger partial charge is 0.265 e. The van der Waals surface area contributed by atoms with E-state index in [2.05, 4.69) is 15.9 Å². The van der Waals surface area contributed by atoms with Crippen molar-refractivity contribution in [1.82, 2.24) is 24.1 Å². The highest BCUT2D eigenvalue weighted by Gasteiger charge is 2.20. The molecule has 0 radical (unpaired) electrons. The van der Waals surface area contributed by atoms with Crippen molar-refractivity contribution in [3.8, 4) is 5.69 Å². The van der Waals surface area contributed by atoms with E-state index in [1.165, 1.54) is 0 Å². The Morgan fingerprint density at radius 2 is 1.47 bits per heavy atom. The van der Waals surface area contributed by atoms with Crippen molar-refractivity contribution in [3.63, 3.8) is 0 Å². The zero-order chi connectivity index (χ0) is 21.7. The Labute approximate surface area is 190 Å². The molecule has 0 aliphatic rings. The Balaban J connectivity index is 1.70. The van der Waals surface area contributed by atoms with Gasteiger partial charge in [-0.3, -0.25) is 13.9 Å². The molecule has 0 amide bonds. The molecule has 0 N–H and O–H groups in total. The molecule has 0 atom stereocenters. The van der Waals surface area contributed by atoms with E-state index >= 15 is 0 Å². The van der Waals surface area contributed by atoms with Crippen LogP contribution in [0, 0.1) is 0 Å². The van der Waals surface area contributed by atoms with E-state index in [0.29, 0.717) is 28.7 Å². The van der Waals surface area contributed by atoms with Gasteiger partial charge in [0.05, 0.1) is 17.6 Å². The van der Waals surface area contributed by atoms with Crippen molar-refractivity contribution < 1.29 is 0 Å². The molecule has 154 valence electrons. The minimum atomic E-state index is -0.135. The molecule has 32 heavy (non-hydrogen) atoms. The van der Waals surface area contributed by atoms with E-state index in [0.717, 1.165) is 26.8 Å². The Morgan fingerprint density at radius 1 is 0.781 bits per heavy atom. The van der Waals surface area contributed by atoms with Crippen LogP contribution < -0.4 is 5.56 Å². The second-order valence-corrected chi connectivity index (χ2v) is 8.47. The van der Waals surface area contributed by atoms with Crippen LogP contribution in [0.1, 0.15) is 5.56 Å². The minimum Gasteiger partial charge on any atom is -0.294 e. The third-order valence-corrected chi connectivity index (χ3v) is 6.04. The predicted molar refractivity (Wildman–Crippen MR) is 129 cm³/mol. The summed E-state index contributed by atoms with van der Waals surface area (Å²) >= 11 is 3.49. The normalized spacial score (nSPS) is 11.5. The van der Waals surface area contributed by atoms with E-state index in [1.807, 2.05) is 83.4 Å². The monoisotopic (exact) mass is 481 g/mol. The standard InChI is InChI=1S/C25H16BrN5O/c26-17-10-12-18(13-11-17)31-23-21(22-24(31)29-20-9-5-4-8-19(20)28-22)25(32)30(15-27-23)14-16-6-2-1-3-7-16/h1-13,15H,14H2. The van der Waals surface area contributed by atoms with Crippen molar-refractivity contribution in [3.05, 3.63) is 106 Å². The van der Waals surface area contributed by atoms with Gasteiger partial charge < -0.3 is 0 Å². The van der Waals surface area contributed by atoms with Crippen LogP contribution in [0.5, 0.6) is 0 Å². The third kappa shape index (κ3) is 3.01. The maximum absolute atomic E-state index is 13.6. The summed E-state index contributed by atoms with van der Waals surface area (Å²) in [6, 6.07) is 25.4. The summed E-state index contributed by atoms with van der Waals surface area (Å²) < 4.78 is 4.50. The number of benzene rings is 3. The summed E-state index contributed by atoms with van der Waals surface area (Å²) in [5.41, 5.74) is 4.99. The number of rotatable bonds is 3. The van der Waals surface area contributed by atoms with E-state index in [1.54, 1.807) is 10.9 Å². The third-order valence-electron chi connectivity index (χ3n) is 5.51. The van der Waals surface area contributed by atoms with Gasteiger partial charge in [-0.2, -0.15) is 0 Å². The fraction of sp³-hybridized carbons (Fsp3) is 0.0400. The quantitative estimate of drug-likeness (QED) is 0.352. The molecule has 3 aromatic heterocycles. The van der Waals surface area contributed by atoms with Crippen LogP contribution in [0.25, 0.3) is 38.9 Å². The van der Waals surface area contributed by atoms with Crippen LogP contribution in [-0.4, -0.2) is 24.1 Å². The minimum absolute atomic E-state index is 0.135. The lowest BCUT2D eigenvalue weighted by atomic mass is 10.2. The molecule has 0 saturated heterocycles. The number of nitrogens with zero attached hydrogens (tertiary/aromatic N) is 5. The first kappa shape index (κ1) is 18.9. The van der Waals surface area contributed by atoms with Gasteiger partial charge in [0.1, 0.15) is 17.2 Å². The molecule has 3 aromatic carbocycles. The topological polar surface area (TPSA) is 65.6 Å². The summed E-state index contributed by atoms with van der Waals surface area (Å²) in [4.78, 5) is 28.0. The SMILES string of the molecule is O=c1c2c3nc4ccccc4nc3n(-c3ccc(Br)cc3)c2ncn1Cc1ccccc1. The number of hydrogen-bond acceptors (Lipinski definition) is 4. The molecule has 0 fully saturated rings. The van der Waals surface area contributed by atoms with E-state index in [-0.39, 0.29) is 5.56 Å². The second-order valence-electron chi connectivity index (χ2n) is 7.56. The fourth-order valence-corrected chi connectivity index (χ4v) is 4.26. The van der Waals surface area contributed by atoms with Crippen LogP contribution in [0.4, 0.5) is 0 Å². The van der Waals surface area contributed by atoms with Gasteiger partial charge in [0.15, 0.2) is 11.3 Å². The average Bonchev–Trinajstić information content (AvgIpc) is 3.14. The lowest BCUT2D eigenvalue weighted by molar-refractivity contribution is 0.747. The van der Waals surface area contributed by atoms with Gasteiger partial charge in [-0.05, 0) is 42.0 Å². The largest absolute Gasteiger partial charge is 0.294 e. The molecule has 0 saturated carbocycles. The van der Waals surface area contributed by atoms with Gasteiger partial charge in [-0.1, -0.05) is 58.4 Å². The first-order chi connectivity index (χ1) is 15.7. The molecule has 3 heterocycles. The molecule has 0 aliphatic carbocycles. The molecule has 6 nitrogen and oxygen atoms in total. The summed E-state index contributed by atoms with van der Waals surface area (Å²) in [6.07, 6.45) is 1.60. The van der Waals surface area contributed by atoms with Gasteiger partial charge in [-0.25, -0.2) is 15.0 Å². The lowest BCUT2D eigenvalue weighted by Crippen LogP contribution is -2.21. The first-order valence-electron chi connectivity index (χ1n) is 10.2. The van der Waals surface area contributed by atoms with Crippen molar-refractivity contribution in [2.24, 2.45) is 0 Å². The maximum atomic E-state index is 13.6. The van der Waals surface area contributed by atoms with Gasteiger partial charge in [0.2, 0.25) is 0 Å². The number of halogens is 1. The van der Waals surface area contributed by atoms with Gasteiger partial charge in [0, 0.05) is 10.2 Å². The fourth-order valence-electron chi connectivity index (χ4n) is 4.00. The molecule has 6 aromatic rings. The van der Waals surface area contributed by atoms with Crippen LogP contribution >= 0.6 is 15.9 Å². The molecule has 0 spiro atoms. The average molecular weight is 482 g/mol. The van der Waals surface area contributed by atoms with Crippen molar-refractivity contribution in [2.45, 2.75) is 6.54 Å². The van der Waals surface area contributed by atoms with E-state index in [4.69, 9.17) is 15.0 Å². The summed E-state index contributed by atoms with van der Waals surface area (Å²) in [6.45, 7) is 0.439. The zero-order valence-electron chi connectivity index (χ0n) is 16.8. The number of fused-ring (bicyclic) bond motifs is 4. The molecule has 0 aliphatic heterocycles. The van der Waals surface area contributed by atoms with Gasteiger partial charge >= 0.3 is 0 Å². The molecule has 6 rings (SSSR count). The van der Waals surface area contributed by atoms with Gasteiger partial charge in [-0.15, -0.1) is 0 Å². The lowest BCUT2D eigenvalue weighted by Gasteiger charge is -2.08. The van der Waals surface area contributed by atoms with Gasteiger partial charge in [0.25, 0.3) is 5.56 Å². The summed E-state index contributed by atoms with van der Waals surface area (Å²) in [5, 5.41) is 0.472. The zero-order valence-corrected chi connectivity index (χ0v) is 18.4. The Kier molecular flexibility index (Phi) is 4.36. The molecule has 0 unspecified atom stereocenters. The second kappa shape index (κ2) is 7.39. The number of hydrogen-bond donors (Lipinski definition) is 0. The molecular weight excluding hydrogens is 466 g/mol. The highest BCUT2D eigenvalue weighted by molar-refractivity contribution is 9.10. The van der Waals surface area contributed by atoms with Crippen LogP contribution in [-0.2, 0) is 6.54 Å². The van der Waals surface area contributed by atoms with Crippen molar-refractivity contribution in [2.75, 3.05) is 0 Å². The van der Waals surface area contributed by atoms with Crippen LogP contribution in [0.3, 0.4) is 0 Å². The predicted octanol–water partition coefficient (Wildman–Crippen LogP) is 5.09. The Bertz CT molecular complexity index is 1670. The van der Waals surface area contributed by atoms with E-state index in [9.17, 15) is 4.79 Å². The Morgan fingerprint density at radius 3 is 2.22 bits per heavy atom. The highest BCUT2D eigenvalue weighted by Crippen LogP contribution is 2.28. The first-order valence-corrected chi connectivity index (χ1v) is 10.9. The number of para-hydroxylation sites is 2. The molecule has 0 bridgehead atoms. The summed E-state index contributed by atoms with van der Waals surface area (Å²) in [7, 11) is 0. The van der Waals surface area contributed by atoms with Crippen LogP contribution in [0.15, 0.2) is 94.5 Å². The molecule has 7 heteroatoms. The maximum Gasteiger partial charge on any atom is 0.265 e. The number of aromatic nitrogens is 5. The highest BCUT2D eigenvalue weighted by atomic mass is 79.9. The summed E-state index contributed by atoms with van der Waals surface area (Å²) in [5.74, 6) is 0. The van der Waals surface area contributed by atoms with Crippen LogP contribution in [0.2, 0.25) is 0 Å². The van der Waals surface area contributed by atoms with Crippen molar-refractivity contribution >= 4 is 49.2 Å². The van der Waals surface area contributed by atoms with E-state index < -0.39 is 0 Å². The Hall–Kier alpha value is -3.84. The van der Waals surface area contributed by atoms with Crippen molar-refractivity contribution in [1.29, 1.82) is 0 Å². The molecular formula is C25H16BrN5O.